The minimum Gasteiger partial charge on any atom is -0.297 e. The fraction of sp³-hybridized carbons (Fsp3) is 0.0625. The number of aromatic nitrogens is 2. The lowest BCUT2D eigenvalue weighted by Crippen LogP contribution is -2.12. The van der Waals surface area contributed by atoms with Crippen molar-refractivity contribution in [1.82, 2.24) is 9.36 Å². The van der Waals surface area contributed by atoms with E-state index in [1.54, 1.807) is 24.3 Å². The minimum atomic E-state index is -0.294. The van der Waals surface area contributed by atoms with Crippen molar-refractivity contribution in [1.29, 1.82) is 0 Å². The van der Waals surface area contributed by atoms with Crippen LogP contribution in [0.3, 0.4) is 0 Å². The monoisotopic (exact) mass is 329 g/mol. The minimum absolute atomic E-state index is 0.294. The van der Waals surface area contributed by atoms with Gasteiger partial charge in [-0.3, -0.25) is 10.1 Å². The van der Waals surface area contributed by atoms with Gasteiger partial charge in [0.25, 0.3) is 5.91 Å². The van der Waals surface area contributed by atoms with Crippen molar-refractivity contribution in [2.45, 2.75) is 6.92 Å². The van der Waals surface area contributed by atoms with Crippen molar-refractivity contribution in [2.75, 3.05) is 5.32 Å². The number of nitrogens with one attached hydrogen (secondary N) is 1. The SMILES string of the molecule is Cc1ccc(-c2nsc(NC(=O)c3ccccc3Cl)n2)cc1. The number of amides is 1. The quantitative estimate of drug-likeness (QED) is 0.774. The van der Waals surface area contributed by atoms with Gasteiger partial charge in [0.05, 0.1) is 10.6 Å². The number of carbonyl (C=O) groups excluding carboxylic acids is 1. The fourth-order valence-electron chi connectivity index (χ4n) is 1.90. The molecule has 1 aromatic heterocycles. The predicted molar refractivity (Wildman–Crippen MR) is 89.5 cm³/mol. The molecule has 1 heterocycles. The van der Waals surface area contributed by atoms with Crippen LogP contribution in [0.5, 0.6) is 0 Å². The van der Waals surface area contributed by atoms with Crippen molar-refractivity contribution < 1.29 is 4.79 Å². The van der Waals surface area contributed by atoms with E-state index in [4.69, 9.17) is 11.6 Å². The molecule has 0 aliphatic rings. The van der Waals surface area contributed by atoms with E-state index in [0.29, 0.717) is 21.5 Å². The summed E-state index contributed by atoms with van der Waals surface area (Å²) in [4.78, 5) is 16.5. The zero-order valence-electron chi connectivity index (χ0n) is 11.7. The number of benzene rings is 2. The summed E-state index contributed by atoms with van der Waals surface area (Å²) in [6, 6.07) is 14.8. The molecule has 0 bridgehead atoms. The van der Waals surface area contributed by atoms with Crippen LogP contribution in [0.15, 0.2) is 48.5 Å². The molecule has 0 spiro atoms. The number of halogens is 1. The van der Waals surface area contributed by atoms with Crippen LogP contribution in [-0.4, -0.2) is 15.3 Å². The Morgan fingerprint density at radius 1 is 1.14 bits per heavy atom. The number of rotatable bonds is 3. The summed E-state index contributed by atoms with van der Waals surface area (Å²) >= 11 is 7.15. The first-order valence-electron chi connectivity index (χ1n) is 6.60. The lowest BCUT2D eigenvalue weighted by molar-refractivity contribution is 0.102. The van der Waals surface area contributed by atoms with Crippen LogP contribution < -0.4 is 5.32 Å². The lowest BCUT2D eigenvalue weighted by Gasteiger charge is -2.02. The Hall–Kier alpha value is -2.24. The van der Waals surface area contributed by atoms with Crippen molar-refractivity contribution in [3.63, 3.8) is 0 Å². The molecule has 3 rings (SSSR count). The standard InChI is InChI=1S/C16H12ClN3OS/c1-10-6-8-11(9-7-10)14-18-16(22-20-14)19-15(21)12-4-2-3-5-13(12)17/h2-9H,1H3,(H,18,19,20,21). The number of aryl methyl sites for hydroxylation is 1. The van der Waals surface area contributed by atoms with Gasteiger partial charge in [-0.15, -0.1) is 0 Å². The number of nitrogens with zero attached hydrogens (tertiary/aromatic N) is 2. The third-order valence-corrected chi connectivity index (χ3v) is 4.03. The Kier molecular flexibility index (Phi) is 4.18. The molecule has 6 heteroatoms. The highest BCUT2D eigenvalue weighted by Crippen LogP contribution is 2.23. The molecule has 0 saturated heterocycles. The van der Waals surface area contributed by atoms with Crippen LogP contribution in [-0.2, 0) is 0 Å². The van der Waals surface area contributed by atoms with E-state index in [2.05, 4.69) is 14.7 Å². The Balaban J connectivity index is 1.78. The van der Waals surface area contributed by atoms with Crippen LogP contribution in [0.4, 0.5) is 5.13 Å². The van der Waals surface area contributed by atoms with Gasteiger partial charge in [0.2, 0.25) is 5.13 Å². The second kappa shape index (κ2) is 6.25. The summed E-state index contributed by atoms with van der Waals surface area (Å²) in [5, 5.41) is 3.57. The van der Waals surface area contributed by atoms with Gasteiger partial charge in [-0.1, -0.05) is 53.6 Å². The van der Waals surface area contributed by atoms with Gasteiger partial charge in [-0.25, -0.2) is 0 Å². The first-order valence-corrected chi connectivity index (χ1v) is 7.75. The molecule has 110 valence electrons. The summed E-state index contributed by atoms with van der Waals surface area (Å²) in [7, 11) is 0. The van der Waals surface area contributed by atoms with Gasteiger partial charge < -0.3 is 0 Å². The molecule has 0 unspecified atom stereocenters. The highest BCUT2D eigenvalue weighted by molar-refractivity contribution is 7.10. The van der Waals surface area contributed by atoms with Gasteiger partial charge in [0, 0.05) is 17.1 Å². The number of hydrogen-bond acceptors (Lipinski definition) is 4. The van der Waals surface area contributed by atoms with Crippen LogP contribution in [0.25, 0.3) is 11.4 Å². The van der Waals surface area contributed by atoms with E-state index in [-0.39, 0.29) is 5.91 Å². The average Bonchev–Trinajstić information content (AvgIpc) is 2.97. The highest BCUT2D eigenvalue weighted by atomic mass is 35.5. The van der Waals surface area contributed by atoms with E-state index in [1.807, 2.05) is 31.2 Å². The van der Waals surface area contributed by atoms with E-state index in [9.17, 15) is 4.79 Å². The average molecular weight is 330 g/mol. The Bertz CT molecular complexity index is 814. The largest absolute Gasteiger partial charge is 0.297 e. The normalized spacial score (nSPS) is 10.5. The maximum absolute atomic E-state index is 12.2. The lowest BCUT2D eigenvalue weighted by atomic mass is 10.1. The van der Waals surface area contributed by atoms with Crippen molar-refractivity contribution in [3.05, 3.63) is 64.7 Å². The summed E-state index contributed by atoms with van der Waals surface area (Å²) in [5.74, 6) is 0.302. The smallest absolute Gasteiger partial charge is 0.258 e. The summed E-state index contributed by atoms with van der Waals surface area (Å²) < 4.78 is 4.27. The molecule has 0 radical (unpaired) electrons. The van der Waals surface area contributed by atoms with Gasteiger partial charge in [0.15, 0.2) is 5.82 Å². The van der Waals surface area contributed by atoms with E-state index in [1.165, 1.54) is 5.56 Å². The molecule has 0 fully saturated rings. The number of anilines is 1. The van der Waals surface area contributed by atoms with Gasteiger partial charge in [-0.2, -0.15) is 9.36 Å². The maximum atomic E-state index is 12.2. The molecule has 0 aliphatic heterocycles. The van der Waals surface area contributed by atoms with Crippen LogP contribution in [0.1, 0.15) is 15.9 Å². The Labute approximate surface area is 137 Å². The third-order valence-electron chi connectivity index (χ3n) is 3.07. The second-order valence-corrected chi connectivity index (χ2v) is 5.88. The third kappa shape index (κ3) is 3.16. The molecule has 0 saturated carbocycles. The van der Waals surface area contributed by atoms with Gasteiger partial charge in [0.1, 0.15) is 0 Å². The first-order chi connectivity index (χ1) is 10.6. The Morgan fingerprint density at radius 2 is 1.86 bits per heavy atom. The van der Waals surface area contributed by atoms with Gasteiger partial charge in [-0.05, 0) is 19.1 Å². The molecule has 4 nitrogen and oxygen atoms in total. The number of hydrogen-bond donors (Lipinski definition) is 1. The zero-order chi connectivity index (χ0) is 15.5. The van der Waals surface area contributed by atoms with Gasteiger partial charge >= 0.3 is 0 Å². The molecule has 1 N–H and O–H groups in total. The molecule has 0 atom stereocenters. The highest BCUT2D eigenvalue weighted by Gasteiger charge is 2.13. The topological polar surface area (TPSA) is 54.9 Å². The van der Waals surface area contributed by atoms with Crippen molar-refractivity contribution in [2.24, 2.45) is 0 Å². The fourth-order valence-corrected chi connectivity index (χ4v) is 2.71. The predicted octanol–water partition coefficient (Wildman–Crippen LogP) is 4.42. The summed E-state index contributed by atoms with van der Waals surface area (Å²) in [6.07, 6.45) is 0. The summed E-state index contributed by atoms with van der Waals surface area (Å²) in [5.41, 5.74) is 2.50. The maximum Gasteiger partial charge on any atom is 0.258 e. The molecule has 2 aromatic carbocycles. The molecule has 1 amide bonds. The molecular formula is C16H12ClN3OS. The molecular weight excluding hydrogens is 318 g/mol. The summed E-state index contributed by atoms with van der Waals surface area (Å²) in [6.45, 7) is 2.02. The molecule has 3 aromatic rings. The van der Waals surface area contributed by atoms with E-state index in [0.717, 1.165) is 17.1 Å². The van der Waals surface area contributed by atoms with Crippen molar-refractivity contribution in [3.8, 4) is 11.4 Å². The molecule has 0 aliphatic carbocycles. The molecule has 22 heavy (non-hydrogen) atoms. The van der Waals surface area contributed by atoms with E-state index < -0.39 is 0 Å². The number of carbonyl (C=O) groups is 1. The second-order valence-electron chi connectivity index (χ2n) is 4.72. The van der Waals surface area contributed by atoms with Crippen LogP contribution >= 0.6 is 23.1 Å². The first kappa shape index (κ1) is 14.7. The van der Waals surface area contributed by atoms with Crippen molar-refractivity contribution >= 4 is 34.2 Å². The zero-order valence-corrected chi connectivity index (χ0v) is 13.3. The van der Waals surface area contributed by atoms with E-state index >= 15 is 0 Å². The Morgan fingerprint density at radius 3 is 2.59 bits per heavy atom. The van der Waals surface area contributed by atoms with Crippen LogP contribution in [0.2, 0.25) is 5.02 Å². The van der Waals surface area contributed by atoms with Crippen LogP contribution in [0, 0.1) is 6.92 Å².